The van der Waals surface area contributed by atoms with Crippen LogP contribution in [0.5, 0.6) is 0 Å². The molecule has 0 aliphatic carbocycles. The number of anilines is 2. The van der Waals surface area contributed by atoms with Crippen molar-refractivity contribution in [2.24, 2.45) is 0 Å². The van der Waals surface area contributed by atoms with E-state index in [2.05, 4.69) is 16.7 Å². The molecule has 0 fully saturated rings. The van der Waals surface area contributed by atoms with E-state index < -0.39 is 11.8 Å². The Hall–Kier alpha value is -2.24. The molecule has 9 heteroatoms. The number of rotatable bonds is 4. The van der Waals surface area contributed by atoms with Crippen molar-refractivity contribution in [2.45, 2.75) is 4.21 Å². The molecule has 0 unspecified atom stereocenters. The van der Waals surface area contributed by atoms with Gasteiger partial charge in [-0.05, 0) is 42.2 Å². The summed E-state index contributed by atoms with van der Waals surface area (Å²) >= 11 is 14.4. The van der Waals surface area contributed by atoms with Crippen molar-refractivity contribution in [1.29, 1.82) is 5.26 Å². The number of nitriles is 1. The third kappa shape index (κ3) is 4.42. The lowest BCUT2D eigenvalue weighted by Crippen LogP contribution is -2.19. The van der Waals surface area contributed by atoms with Crippen LogP contribution in [0.4, 0.5) is 19.9 Å². The molecule has 0 radical (unpaired) electrons. The number of halogens is 3. The van der Waals surface area contributed by atoms with E-state index in [1.54, 1.807) is 24.3 Å². The number of carbonyl (C=O) groups is 1. The van der Waals surface area contributed by atoms with E-state index in [1.807, 2.05) is 6.26 Å². The van der Waals surface area contributed by atoms with Crippen LogP contribution in [0.15, 0.2) is 46.7 Å². The molecule has 2 N–H and O–H groups in total. The number of carbonyl (C=O) groups excluding carboxylic acids is 1. The van der Waals surface area contributed by atoms with Crippen molar-refractivity contribution in [1.82, 2.24) is 0 Å². The molecule has 0 saturated heterocycles. The van der Waals surface area contributed by atoms with Gasteiger partial charge in [0.05, 0.1) is 14.8 Å². The predicted molar refractivity (Wildman–Crippen MR) is 115 cm³/mol. The minimum atomic E-state index is -0.570. The Labute approximate surface area is 179 Å². The summed E-state index contributed by atoms with van der Waals surface area (Å²) in [5.74, 6) is -0.570. The maximum Gasteiger partial charge on any atom is 0.324 e. The van der Waals surface area contributed by atoms with Gasteiger partial charge in [-0.25, -0.2) is 9.18 Å². The van der Waals surface area contributed by atoms with Crippen LogP contribution in [-0.2, 0) is 0 Å². The fraction of sp³-hybridized carbons (Fsp3) is 0.0526. The minimum Gasteiger partial charge on any atom is -0.308 e. The fourth-order valence-corrected chi connectivity index (χ4v) is 4.62. The molecule has 0 atom stereocenters. The van der Waals surface area contributed by atoms with Gasteiger partial charge in [0.15, 0.2) is 0 Å². The molecule has 1 aromatic heterocycles. The number of thioether (sulfide) groups is 1. The number of nitrogens with zero attached hydrogens (tertiary/aromatic N) is 1. The Balaban J connectivity index is 1.93. The van der Waals surface area contributed by atoms with Crippen molar-refractivity contribution in [3.05, 3.63) is 63.9 Å². The highest BCUT2D eigenvalue weighted by Gasteiger charge is 2.21. The smallest absolute Gasteiger partial charge is 0.308 e. The first-order chi connectivity index (χ1) is 13.4. The van der Waals surface area contributed by atoms with E-state index in [4.69, 9.17) is 23.2 Å². The number of amides is 2. The van der Waals surface area contributed by atoms with E-state index >= 15 is 0 Å². The highest BCUT2D eigenvalue weighted by Crippen LogP contribution is 2.44. The molecule has 2 aromatic carbocycles. The van der Waals surface area contributed by atoms with Crippen molar-refractivity contribution >= 4 is 63.0 Å². The van der Waals surface area contributed by atoms with Crippen molar-refractivity contribution < 1.29 is 9.18 Å². The van der Waals surface area contributed by atoms with Gasteiger partial charge < -0.3 is 5.32 Å². The molecule has 4 nitrogen and oxygen atoms in total. The number of hydrogen-bond donors (Lipinski definition) is 2. The minimum absolute atomic E-state index is 0.0905. The number of nitrogens with one attached hydrogen (secondary N) is 2. The summed E-state index contributed by atoms with van der Waals surface area (Å²) in [6, 6.07) is 12.6. The van der Waals surface area contributed by atoms with E-state index in [9.17, 15) is 14.4 Å². The number of benzene rings is 2. The van der Waals surface area contributed by atoms with Gasteiger partial charge in [0.2, 0.25) is 0 Å². The zero-order valence-corrected chi connectivity index (χ0v) is 17.5. The first kappa shape index (κ1) is 20.5. The number of hydrogen-bond acceptors (Lipinski definition) is 4. The van der Waals surface area contributed by atoms with Gasteiger partial charge in [-0.1, -0.05) is 35.3 Å². The maximum atomic E-state index is 13.3. The molecule has 2 amide bonds. The van der Waals surface area contributed by atoms with Crippen LogP contribution in [0.25, 0.3) is 11.1 Å². The van der Waals surface area contributed by atoms with Gasteiger partial charge in [0.1, 0.15) is 16.9 Å². The predicted octanol–water partition coefficient (Wildman–Crippen LogP) is 7.10. The topological polar surface area (TPSA) is 64.9 Å². The Morgan fingerprint density at radius 1 is 1.18 bits per heavy atom. The summed E-state index contributed by atoms with van der Waals surface area (Å²) in [6.07, 6.45) is 1.86. The lowest BCUT2D eigenvalue weighted by atomic mass is 10.0. The highest BCUT2D eigenvalue weighted by atomic mass is 35.5. The van der Waals surface area contributed by atoms with Crippen LogP contribution in [0.1, 0.15) is 5.56 Å². The van der Waals surface area contributed by atoms with E-state index in [0.717, 1.165) is 9.77 Å². The summed E-state index contributed by atoms with van der Waals surface area (Å²) in [7, 11) is 0. The summed E-state index contributed by atoms with van der Waals surface area (Å²) < 4.78 is 14.1. The molecule has 3 rings (SSSR count). The zero-order valence-electron chi connectivity index (χ0n) is 14.3. The Morgan fingerprint density at radius 2 is 1.89 bits per heavy atom. The molecule has 0 aliphatic rings. The molecule has 142 valence electrons. The molecule has 3 aromatic rings. The average molecular weight is 452 g/mol. The Kier molecular flexibility index (Phi) is 6.47. The third-order valence-corrected chi connectivity index (χ3v) is 6.48. The lowest BCUT2D eigenvalue weighted by molar-refractivity contribution is 0.262. The van der Waals surface area contributed by atoms with Crippen LogP contribution >= 0.6 is 46.3 Å². The van der Waals surface area contributed by atoms with Crippen LogP contribution < -0.4 is 10.6 Å². The average Bonchev–Trinajstić information content (AvgIpc) is 3.02. The third-order valence-electron chi connectivity index (χ3n) is 3.71. The summed E-state index contributed by atoms with van der Waals surface area (Å²) in [6.45, 7) is 0. The molecule has 1 heterocycles. The van der Waals surface area contributed by atoms with Crippen LogP contribution in [0.2, 0.25) is 10.0 Å². The molecule has 0 saturated carbocycles. The van der Waals surface area contributed by atoms with Crippen molar-refractivity contribution in [3.63, 3.8) is 0 Å². The normalized spacial score (nSPS) is 10.4. The number of thiophene rings is 1. The SMILES string of the molecule is CSc1sc(NC(=O)Nc2ccc(F)c(Cl)c2)c(-c2ccc(Cl)cc2)c1C#N. The van der Waals surface area contributed by atoms with Crippen LogP contribution in [-0.4, -0.2) is 12.3 Å². The zero-order chi connectivity index (χ0) is 20.3. The quantitative estimate of drug-likeness (QED) is 0.415. The first-order valence-electron chi connectivity index (χ1n) is 7.82. The molecular weight excluding hydrogens is 440 g/mol. The van der Waals surface area contributed by atoms with E-state index in [-0.39, 0.29) is 5.02 Å². The monoisotopic (exact) mass is 451 g/mol. The van der Waals surface area contributed by atoms with Crippen molar-refractivity contribution in [2.75, 3.05) is 16.9 Å². The first-order valence-corrected chi connectivity index (χ1v) is 10.6. The van der Waals surface area contributed by atoms with E-state index in [0.29, 0.717) is 26.8 Å². The van der Waals surface area contributed by atoms with Gasteiger partial charge in [-0.3, -0.25) is 5.32 Å². The standard InChI is InChI=1S/C19H12Cl2FN3OS2/c1-27-18-13(9-23)16(10-2-4-11(20)5-3-10)17(28-18)25-19(26)24-12-6-7-15(22)14(21)8-12/h2-8H,1H3,(H2,24,25,26). The Bertz CT molecular complexity index is 1080. The second-order valence-electron chi connectivity index (χ2n) is 5.50. The summed E-state index contributed by atoms with van der Waals surface area (Å²) in [5.41, 5.74) is 2.22. The van der Waals surface area contributed by atoms with E-state index in [1.165, 1.54) is 41.3 Å². The Morgan fingerprint density at radius 3 is 2.50 bits per heavy atom. The van der Waals surface area contributed by atoms with Crippen molar-refractivity contribution in [3.8, 4) is 17.2 Å². The van der Waals surface area contributed by atoms with Gasteiger partial charge in [-0.2, -0.15) is 5.26 Å². The second kappa shape index (κ2) is 8.84. The van der Waals surface area contributed by atoms with Gasteiger partial charge in [0, 0.05) is 16.3 Å². The van der Waals surface area contributed by atoms with Gasteiger partial charge >= 0.3 is 6.03 Å². The highest BCUT2D eigenvalue weighted by molar-refractivity contribution is 8.00. The summed E-state index contributed by atoms with van der Waals surface area (Å²) in [5, 5.41) is 16.0. The largest absolute Gasteiger partial charge is 0.324 e. The number of urea groups is 1. The second-order valence-corrected chi connectivity index (χ2v) is 8.44. The summed E-state index contributed by atoms with van der Waals surface area (Å²) in [4.78, 5) is 12.4. The molecule has 0 bridgehead atoms. The van der Waals surface area contributed by atoms with Gasteiger partial charge in [-0.15, -0.1) is 23.1 Å². The van der Waals surface area contributed by atoms with Crippen LogP contribution in [0.3, 0.4) is 0 Å². The molecular formula is C19H12Cl2FN3OS2. The molecule has 0 aliphatic heterocycles. The maximum absolute atomic E-state index is 13.3. The van der Waals surface area contributed by atoms with Gasteiger partial charge in [0.25, 0.3) is 0 Å². The molecule has 0 spiro atoms. The fourth-order valence-electron chi connectivity index (χ4n) is 2.47. The van der Waals surface area contributed by atoms with Crippen LogP contribution in [0, 0.1) is 17.1 Å². The molecule has 28 heavy (non-hydrogen) atoms. The lowest BCUT2D eigenvalue weighted by Gasteiger charge is -2.09.